The molecule has 0 aliphatic carbocycles. The summed E-state index contributed by atoms with van der Waals surface area (Å²) in [6, 6.07) is 3.74. The molecule has 1 fully saturated rings. The third-order valence-corrected chi connectivity index (χ3v) is 2.36. The molecule has 1 amide bonds. The van der Waals surface area contributed by atoms with E-state index in [0.29, 0.717) is 31.4 Å². The average molecular weight is 206 g/mol. The number of pyridine rings is 1. The first-order valence-electron chi connectivity index (χ1n) is 5.04. The van der Waals surface area contributed by atoms with Crippen molar-refractivity contribution in [3.05, 3.63) is 23.9 Å². The Hall–Kier alpha value is -1.42. The lowest BCUT2D eigenvalue weighted by Gasteiger charge is -2.24. The maximum absolute atomic E-state index is 11.5. The van der Waals surface area contributed by atoms with Crippen LogP contribution in [-0.2, 0) is 9.53 Å². The fourth-order valence-corrected chi connectivity index (χ4v) is 1.40. The summed E-state index contributed by atoms with van der Waals surface area (Å²) in [5.74, 6) is 1.01. The van der Waals surface area contributed by atoms with Crippen LogP contribution in [-0.4, -0.2) is 24.1 Å². The fraction of sp³-hybridized carbons (Fsp3) is 0.455. The molecule has 0 radical (unpaired) electrons. The van der Waals surface area contributed by atoms with E-state index in [2.05, 4.69) is 10.3 Å². The molecule has 1 aliphatic rings. The Morgan fingerprint density at radius 3 is 2.93 bits per heavy atom. The summed E-state index contributed by atoms with van der Waals surface area (Å²) in [6.07, 6.45) is 2.26. The van der Waals surface area contributed by atoms with Crippen LogP contribution in [0.3, 0.4) is 0 Å². The van der Waals surface area contributed by atoms with E-state index in [4.69, 9.17) is 4.74 Å². The van der Waals surface area contributed by atoms with Gasteiger partial charge in [0.15, 0.2) is 0 Å². The Labute approximate surface area is 88.7 Å². The van der Waals surface area contributed by atoms with E-state index in [1.165, 1.54) is 0 Å². The van der Waals surface area contributed by atoms with E-state index < -0.39 is 0 Å². The van der Waals surface area contributed by atoms with Gasteiger partial charge in [0, 0.05) is 18.5 Å². The zero-order valence-corrected chi connectivity index (χ0v) is 8.69. The number of rotatable bonds is 3. The Morgan fingerprint density at radius 2 is 2.40 bits per heavy atom. The molecule has 80 valence electrons. The molecule has 15 heavy (non-hydrogen) atoms. The van der Waals surface area contributed by atoms with Crippen molar-refractivity contribution >= 4 is 11.7 Å². The van der Waals surface area contributed by atoms with Gasteiger partial charge in [-0.25, -0.2) is 4.98 Å². The lowest BCUT2D eigenvalue weighted by atomic mass is 10.0. The Balaban J connectivity index is 1.84. The Morgan fingerprint density at radius 1 is 1.60 bits per heavy atom. The predicted molar refractivity (Wildman–Crippen MR) is 56.5 cm³/mol. The molecule has 1 aromatic heterocycles. The first-order valence-corrected chi connectivity index (χ1v) is 5.04. The summed E-state index contributed by atoms with van der Waals surface area (Å²) in [6.45, 7) is 3.37. The van der Waals surface area contributed by atoms with Crippen LogP contribution in [0.1, 0.15) is 12.0 Å². The van der Waals surface area contributed by atoms with Crippen LogP contribution < -0.4 is 5.32 Å². The summed E-state index contributed by atoms with van der Waals surface area (Å²) in [7, 11) is 0. The Bertz CT molecular complexity index is 344. The molecular weight excluding hydrogens is 192 g/mol. The van der Waals surface area contributed by atoms with Crippen LogP contribution >= 0.6 is 0 Å². The smallest absolute Gasteiger partial charge is 0.225 e. The van der Waals surface area contributed by atoms with Gasteiger partial charge in [0.2, 0.25) is 5.91 Å². The highest BCUT2D eigenvalue weighted by atomic mass is 16.5. The van der Waals surface area contributed by atoms with Crippen molar-refractivity contribution in [3.8, 4) is 0 Å². The van der Waals surface area contributed by atoms with Gasteiger partial charge in [-0.05, 0) is 18.6 Å². The molecule has 0 bridgehead atoms. The largest absolute Gasteiger partial charge is 0.381 e. The van der Waals surface area contributed by atoms with Gasteiger partial charge in [-0.15, -0.1) is 0 Å². The maximum atomic E-state index is 11.5. The van der Waals surface area contributed by atoms with Gasteiger partial charge in [-0.1, -0.05) is 6.07 Å². The lowest BCUT2D eigenvalue weighted by molar-refractivity contribution is -0.121. The molecule has 1 aromatic rings. The predicted octanol–water partition coefficient (Wildman–Crippen LogP) is 1.37. The normalized spacial score (nSPS) is 15.8. The number of ether oxygens (including phenoxy) is 1. The monoisotopic (exact) mass is 206 g/mol. The number of hydrogen-bond acceptors (Lipinski definition) is 3. The molecule has 2 heterocycles. The highest BCUT2D eigenvalue weighted by molar-refractivity contribution is 5.89. The molecule has 1 saturated heterocycles. The summed E-state index contributed by atoms with van der Waals surface area (Å²) in [5, 5.41) is 2.76. The molecule has 2 rings (SSSR count). The van der Waals surface area contributed by atoms with E-state index >= 15 is 0 Å². The van der Waals surface area contributed by atoms with Crippen LogP contribution in [0, 0.1) is 12.8 Å². The number of aryl methyl sites for hydroxylation is 1. The standard InChI is InChI=1S/C11H14N2O2/c1-8-2-3-10(12-5-8)13-11(14)4-9-6-15-7-9/h2-3,5,9H,4,6-7H2,1H3,(H,12,13,14). The van der Waals surface area contributed by atoms with Crippen molar-refractivity contribution in [1.29, 1.82) is 0 Å². The number of nitrogens with one attached hydrogen (secondary N) is 1. The van der Waals surface area contributed by atoms with Gasteiger partial charge in [0.1, 0.15) is 5.82 Å². The fourth-order valence-electron chi connectivity index (χ4n) is 1.40. The zero-order chi connectivity index (χ0) is 10.7. The number of carbonyl (C=O) groups excluding carboxylic acids is 1. The van der Waals surface area contributed by atoms with E-state index in [-0.39, 0.29) is 5.91 Å². The minimum Gasteiger partial charge on any atom is -0.381 e. The second-order valence-electron chi connectivity index (χ2n) is 3.88. The topological polar surface area (TPSA) is 51.2 Å². The van der Waals surface area contributed by atoms with Crippen LogP contribution in [0.25, 0.3) is 0 Å². The van der Waals surface area contributed by atoms with Gasteiger partial charge in [0.25, 0.3) is 0 Å². The quantitative estimate of drug-likeness (QED) is 0.812. The molecule has 1 N–H and O–H groups in total. The number of nitrogens with zero attached hydrogens (tertiary/aromatic N) is 1. The molecule has 0 spiro atoms. The molecule has 0 unspecified atom stereocenters. The van der Waals surface area contributed by atoms with E-state index in [1.54, 1.807) is 6.20 Å². The van der Waals surface area contributed by atoms with E-state index in [9.17, 15) is 4.79 Å². The van der Waals surface area contributed by atoms with E-state index in [0.717, 1.165) is 5.56 Å². The molecule has 0 atom stereocenters. The number of carbonyl (C=O) groups is 1. The first kappa shape index (κ1) is 10.1. The SMILES string of the molecule is Cc1ccc(NC(=O)CC2COC2)nc1. The van der Waals surface area contributed by atoms with Crippen molar-refractivity contribution in [1.82, 2.24) is 4.98 Å². The third-order valence-electron chi connectivity index (χ3n) is 2.36. The Kier molecular flexibility index (Phi) is 2.97. The molecule has 0 aromatic carbocycles. The summed E-state index contributed by atoms with van der Waals surface area (Å²) in [5.41, 5.74) is 1.08. The highest BCUT2D eigenvalue weighted by Crippen LogP contribution is 2.15. The first-order chi connectivity index (χ1) is 7.24. The van der Waals surface area contributed by atoms with E-state index in [1.807, 2.05) is 19.1 Å². The minimum absolute atomic E-state index is 0.0136. The number of amides is 1. The van der Waals surface area contributed by atoms with Crippen molar-refractivity contribution in [2.75, 3.05) is 18.5 Å². The van der Waals surface area contributed by atoms with Gasteiger partial charge >= 0.3 is 0 Å². The number of anilines is 1. The average Bonchev–Trinajstić information content (AvgIpc) is 2.16. The van der Waals surface area contributed by atoms with Crippen molar-refractivity contribution in [3.63, 3.8) is 0 Å². The third kappa shape index (κ3) is 2.76. The summed E-state index contributed by atoms with van der Waals surface area (Å²) < 4.78 is 5.01. The second kappa shape index (κ2) is 4.40. The van der Waals surface area contributed by atoms with Crippen molar-refractivity contribution in [2.24, 2.45) is 5.92 Å². The second-order valence-corrected chi connectivity index (χ2v) is 3.88. The molecular formula is C11H14N2O2. The summed E-state index contributed by atoms with van der Waals surface area (Å²) >= 11 is 0. The molecule has 4 heteroatoms. The van der Waals surface area contributed by atoms with Crippen molar-refractivity contribution in [2.45, 2.75) is 13.3 Å². The van der Waals surface area contributed by atoms with Crippen molar-refractivity contribution < 1.29 is 9.53 Å². The van der Waals surface area contributed by atoms with Gasteiger partial charge in [-0.2, -0.15) is 0 Å². The van der Waals surface area contributed by atoms with Gasteiger partial charge in [-0.3, -0.25) is 4.79 Å². The van der Waals surface area contributed by atoms with Crippen LogP contribution in [0.4, 0.5) is 5.82 Å². The molecule has 0 saturated carbocycles. The van der Waals surface area contributed by atoms with Gasteiger partial charge in [0.05, 0.1) is 13.2 Å². The number of aromatic nitrogens is 1. The summed E-state index contributed by atoms with van der Waals surface area (Å²) in [4.78, 5) is 15.6. The maximum Gasteiger partial charge on any atom is 0.225 e. The van der Waals surface area contributed by atoms with Crippen LogP contribution in [0.5, 0.6) is 0 Å². The van der Waals surface area contributed by atoms with Crippen LogP contribution in [0.15, 0.2) is 18.3 Å². The minimum atomic E-state index is 0.0136. The number of hydrogen-bond donors (Lipinski definition) is 1. The lowest BCUT2D eigenvalue weighted by Crippen LogP contribution is -2.31. The molecule has 4 nitrogen and oxygen atoms in total. The zero-order valence-electron chi connectivity index (χ0n) is 8.69. The van der Waals surface area contributed by atoms with Gasteiger partial charge < -0.3 is 10.1 Å². The van der Waals surface area contributed by atoms with Crippen LogP contribution in [0.2, 0.25) is 0 Å². The molecule has 1 aliphatic heterocycles. The highest BCUT2D eigenvalue weighted by Gasteiger charge is 2.21.